The van der Waals surface area contributed by atoms with Gasteiger partial charge in [0.2, 0.25) is 0 Å². The molecule has 0 fully saturated rings. The minimum absolute atomic E-state index is 0.0361. The van der Waals surface area contributed by atoms with E-state index >= 15 is 0 Å². The third-order valence-electron chi connectivity index (χ3n) is 3.13. The Hall–Kier alpha value is -1.60. The Morgan fingerprint density at radius 2 is 1.53 bits per heavy atom. The second-order valence-electron chi connectivity index (χ2n) is 5.64. The number of hydrogen-bond acceptors (Lipinski definition) is 1. The Morgan fingerprint density at radius 3 is 2.05 bits per heavy atom. The highest BCUT2D eigenvalue weighted by Crippen LogP contribution is 2.24. The summed E-state index contributed by atoms with van der Waals surface area (Å²) in [6.07, 6.45) is 0. The van der Waals surface area contributed by atoms with Crippen LogP contribution in [0.4, 0.5) is 0 Å². The first-order valence-electron chi connectivity index (χ1n) is 6.29. The first-order chi connectivity index (χ1) is 8.89. The molecule has 0 bridgehead atoms. The lowest BCUT2D eigenvalue weighted by atomic mass is 9.86. The van der Waals surface area contributed by atoms with Crippen LogP contribution >= 0.6 is 11.6 Å². The molecule has 0 spiro atoms. The lowest BCUT2D eigenvalue weighted by Crippen LogP contribution is -2.11. The van der Waals surface area contributed by atoms with Gasteiger partial charge < -0.3 is 0 Å². The average Bonchev–Trinajstić information content (AvgIpc) is 2.38. The largest absolute Gasteiger partial charge is 0.289 e. The Balaban J connectivity index is 2.34. The van der Waals surface area contributed by atoms with Crippen molar-refractivity contribution in [2.45, 2.75) is 26.2 Å². The van der Waals surface area contributed by atoms with Gasteiger partial charge in [-0.2, -0.15) is 0 Å². The number of hydrogen-bond donors (Lipinski definition) is 0. The van der Waals surface area contributed by atoms with E-state index < -0.39 is 0 Å². The van der Waals surface area contributed by atoms with Gasteiger partial charge in [-0.1, -0.05) is 68.8 Å². The smallest absolute Gasteiger partial charge is 0.194 e. The maximum Gasteiger partial charge on any atom is 0.194 e. The van der Waals surface area contributed by atoms with Crippen LogP contribution in [0.3, 0.4) is 0 Å². The fourth-order valence-corrected chi connectivity index (χ4v) is 2.14. The molecule has 1 nitrogen and oxygen atoms in total. The van der Waals surface area contributed by atoms with E-state index in [4.69, 9.17) is 11.6 Å². The van der Waals surface area contributed by atoms with E-state index in [0.717, 1.165) is 0 Å². The maximum atomic E-state index is 12.3. The molecule has 0 atom stereocenters. The molecule has 19 heavy (non-hydrogen) atoms. The molecule has 0 unspecified atom stereocenters. The van der Waals surface area contributed by atoms with Gasteiger partial charge in [0.05, 0.1) is 5.02 Å². The normalized spacial score (nSPS) is 11.4. The van der Waals surface area contributed by atoms with Gasteiger partial charge in [-0.15, -0.1) is 0 Å². The molecule has 0 aromatic heterocycles. The lowest BCUT2D eigenvalue weighted by molar-refractivity contribution is 0.103. The summed E-state index contributed by atoms with van der Waals surface area (Å²) in [6.45, 7) is 6.45. The van der Waals surface area contributed by atoms with Crippen molar-refractivity contribution in [3.05, 3.63) is 70.2 Å². The molecule has 2 aromatic carbocycles. The van der Waals surface area contributed by atoms with Crippen molar-refractivity contribution in [2.24, 2.45) is 0 Å². The van der Waals surface area contributed by atoms with Crippen molar-refractivity contribution in [1.82, 2.24) is 0 Å². The van der Waals surface area contributed by atoms with Crippen molar-refractivity contribution in [3.8, 4) is 0 Å². The van der Waals surface area contributed by atoms with Gasteiger partial charge in [0, 0.05) is 11.1 Å². The number of ketones is 1. The van der Waals surface area contributed by atoms with Crippen LogP contribution < -0.4 is 0 Å². The van der Waals surface area contributed by atoms with E-state index in [9.17, 15) is 4.79 Å². The zero-order chi connectivity index (χ0) is 14.0. The van der Waals surface area contributed by atoms with Crippen LogP contribution in [0.2, 0.25) is 5.02 Å². The molecule has 2 aromatic rings. The van der Waals surface area contributed by atoms with Gasteiger partial charge in [0.1, 0.15) is 0 Å². The van der Waals surface area contributed by atoms with Crippen LogP contribution in [0.5, 0.6) is 0 Å². The van der Waals surface area contributed by atoms with E-state index in [-0.39, 0.29) is 11.2 Å². The highest BCUT2D eigenvalue weighted by molar-refractivity contribution is 6.34. The fraction of sp³-hybridized carbons (Fsp3) is 0.235. The molecule has 0 aliphatic heterocycles. The summed E-state index contributed by atoms with van der Waals surface area (Å²) in [6, 6.07) is 14.9. The molecule has 0 saturated carbocycles. The molecule has 0 radical (unpaired) electrons. The predicted octanol–water partition coefficient (Wildman–Crippen LogP) is 4.87. The van der Waals surface area contributed by atoms with Crippen LogP contribution in [0.1, 0.15) is 42.3 Å². The summed E-state index contributed by atoms with van der Waals surface area (Å²) in [7, 11) is 0. The Kier molecular flexibility index (Phi) is 3.77. The van der Waals surface area contributed by atoms with E-state index in [2.05, 4.69) is 20.8 Å². The predicted molar refractivity (Wildman–Crippen MR) is 80.0 cm³/mol. The van der Waals surface area contributed by atoms with Crippen LogP contribution in [-0.4, -0.2) is 5.78 Å². The maximum absolute atomic E-state index is 12.3. The van der Waals surface area contributed by atoms with E-state index in [1.807, 2.05) is 36.4 Å². The Morgan fingerprint density at radius 1 is 0.947 bits per heavy atom. The summed E-state index contributed by atoms with van der Waals surface area (Å²) in [4.78, 5) is 12.3. The Labute approximate surface area is 119 Å². The number of halogens is 1. The molecular formula is C17H17ClO. The quantitative estimate of drug-likeness (QED) is 0.713. The number of carbonyl (C=O) groups excluding carboxylic acids is 1. The van der Waals surface area contributed by atoms with E-state index in [1.54, 1.807) is 12.1 Å². The number of carbonyl (C=O) groups is 1. The molecule has 0 amide bonds. The van der Waals surface area contributed by atoms with Gasteiger partial charge in [0.15, 0.2) is 5.78 Å². The first-order valence-corrected chi connectivity index (χ1v) is 6.67. The first kappa shape index (κ1) is 13.8. The van der Waals surface area contributed by atoms with Gasteiger partial charge in [-0.05, 0) is 23.1 Å². The molecule has 98 valence electrons. The molecule has 0 heterocycles. The zero-order valence-electron chi connectivity index (χ0n) is 11.4. The monoisotopic (exact) mass is 272 g/mol. The van der Waals surface area contributed by atoms with Gasteiger partial charge in [0.25, 0.3) is 0 Å². The van der Waals surface area contributed by atoms with Crippen molar-refractivity contribution in [1.29, 1.82) is 0 Å². The third kappa shape index (κ3) is 3.05. The average molecular weight is 273 g/mol. The number of benzene rings is 2. The van der Waals surface area contributed by atoms with Crippen LogP contribution in [0.25, 0.3) is 0 Å². The SMILES string of the molecule is CC(C)(C)c1ccc(C(=O)c2ccccc2Cl)cc1. The van der Waals surface area contributed by atoms with Gasteiger partial charge in [-0.3, -0.25) is 4.79 Å². The highest BCUT2D eigenvalue weighted by Gasteiger charge is 2.16. The molecule has 0 N–H and O–H groups in total. The van der Waals surface area contributed by atoms with Crippen LogP contribution in [-0.2, 0) is 5.41 Å². The van der Waals surface area contributed by atoms with Crippen molar-refractivity contribution < 1.29 is 4.79 Å². The lowest BCUT2D eigenvalue weighted by Gasteiger charge is -2.19. The second-order valence-corrected chi connectivity index (χ2v) is 6.04. The summed E-state index contributed by atoms with van der Waals surface area (Å²) in [5.41, 5.74) is 2.52. The third-order valence-corrected chi connectivity index (χ3v) is 3.46. The molecular weight excluding hydrogens is 256 g/mol. The minimum Gasteiger partial charge on any atom is -0.289 e. The minimum atomic E-state index is -0.0361. The highest BCUT2D eigenvalue weighted by atomic mass is 35.5. The molecule has 2 heteroatoms. The van der Waals surface area contributed by atoms with Gasteiger partial charge in [-0.25, -0.2) is 0 Å². The summed E-state index contributed by atoms with van der Waals surface area (Å²) in [5.74, 6) is -0.0361. The second kappa shape index (κ2) is 5.18. The molecule has 0 aliphatic rings. The van der Waals surface area contributed by atoms with Crippen molar-refractivity contribution in [2.75, 3.05) is 0 Å². The topological polar surface area (TPSA) is 17.1 Å². The zero-order valence-corrected chi connectivity index (χ0v) is 12.2. The van der Waals surface area contributed by atoms with Gasteiger partial charge >= 0.3 is 0 Å². The van der Waals surface area contributed by atoms with E-state index in [0.29, 0.717) is 16.1 Å². The summed E-state index contributed by atoms with van der Waals surface area (Å²) < 4.78 is 0. The standard InChI is InChI=1S/C17H17ClO/c1-17(2,3)13-10-8-12(9-11-13)16(19)14-6-4-5-7-15(14)18/h4-11H,1-3H3. The summed E-state index contributed by atoms with van der Waals surface area (Å²) in [5, 5.41) is 0.493. The van der Waals surface area contributed by atoms with Crippen molar-refractivity contribution >= 4 is 17.4 Å². The van der Waals surface area contributed by atoms with Crippen molar-refractivity contribution in [3.63, 3.8) is 0 Å². The number of rotatable bonds is 2. The molecule has 0 saturated heterocycles. The summed E-state index contributed by atoms with van der Waals surface area (Å²) >= 11 is 6.05. The molecule has 2 rings (SSSR count). The fourth-order valence-electron chi connectivity index (χ4n) is 1.92. The molecule has 0 aliphatic carbocycles. The van der Waals surface area contributed by atoms with E-state index in [1.165, 1.54) is 5.56 Å². The Bertz CT molecular complexity index is 591. The van der Waals surface area contributed by atoms with Crippen LogP contribution in [0, 0.1) is 0 Å². The van der Waals surface area contributed by atoms with Crippen LogP contribution in [0.15, 0.2) is 48.5 Å².